The summed E-state index contributed by atoms with van der Waals surface area (Å²) in [6.07, 6.45) is 2.86. The predicted octanol–water partition coefficient (Wildman–Crippen LogP) is 3.75. The molecule has 0 saturated carbocycles. The average molecular weight is 483 g/mol. The highest BCUT2D eigenvalue weighted by Crippen LogP contribution is 2.12. The smallest absolute Gasteiger partial charge is 0.191 e. The number of aryl methyl sites for hydroxylation is 1. The first-order chi connectivity index (χ1) is 12.7. The van der Waals surface area contributed by atoms with Gasteiger partial charge in [0.2, 0.25) is 0 Å². The van der Waals surface area contributed by atoms with Crippen LogP contribution in [-0.2, 0) is 12.8 Å². The van der Waals surface area contributed by atoms with Crippen molar-refractivity contribution in [2.75, 3.05) is 26.7 Å². The van der Waals surface area contributed by atoms with Gasteiger partial charge in [0, 0.05) is 19.6 Å². The molecule has 0 heterocycles. The molecule has 0 bridgehead atoms. The normalized spacial score (nSPS) is 10.8. The number of phenols is 1. The maximum Gasteiger partial charge on any atom is 0.191 e. The minimum atomic E-state index is 0. The average Bonchev–Trinajstić information content (AvgIpc) is 2.67. The summed E-state index contributed by atoms with van der Waals surface area (Å²) in [6.45, 7) is 4.50. The quantitative estimate of drug-likeness (QED) is 0.220. The summed E-state index contributed by atoms with van der Waals surface area (Å²) >= 11 is 0. The monoisotopic (exact) mass is 483 g/mol. The fraction of sp³-hybridized carbons (Fsp3) is 0.381. The Kier molecular flexibility index (Phi) is 11.3. The summed E-state index contributed by atoms with van der Waals surface area (Å²) in [7, 11) is 1.68. The maximum atomic E-state index is 9.31. The third-order valence-electron chi connectivity index (χ3n) is 4.04. The molecule has 2 rings (SSSR count). The maximum absolute atomic E-state index is 9.31. The molecular formula is C21H30IN3O2. The molecule has 148 valence electrons. The molecule has 3 N–H and O–H groups in total. The number of halogens is 1. The zero-order valence-electron chi connectivity index (χ0n) is 16.1. The van der Waals surface area contributed by atoms with Crippen molar-refractivity contribution >= 4 is 29.9 Å². The second kappa shape index (κ2) is 13.2. The van der Waals surface area contributed by atoms with Crippen molar-refractivity contribution in [2.45, 2.75) is 26.2 Å². The number of hydrogen-bond acceptors (Lipinski definition) is 3. The molecule has 0 amide bonds. The summed E-state index contributed by atoms with van der Waals surface area (Å²) in [5.74, 6) is 2.04. The van der Waals surface area contributed by atoms with Crippen molar-refractivity contribution < 1.29 is 9.84 Å². The van der Waals surface area contributed by atoms with Gasteiger partial charge in [0.25, 0.3) is 0 Å². The van der Waals surface area contributed by atoms with E-state index in [0.717, 1.165) is 50.6 Å². The van der Waals surface area contributed by atoms with Gasteiger partial charge in [-0.2, -0.15) is 0 Å². The summed E-state index contributed by atoms with van der Waals surface area (Å²) in [4.78, 5) is 4.63. The fourth-order valence-electron chi connectivity index (χ4n) is 2.60. The number of aromatic hydroxyl groups is 1. The van der Waals surface area contributed by atoms with Gasteiger partial charge < -0.3 is 20.5 Å². The Labute approximate surface area is 179 Å². The van der Waals surface area contributed by atoms with Crippen LogP contribution >= 0.6 is 24.0 Å². The van der Waals surface area contributed by atoms with Gasteiger partial charge in [0.05, 0.1) is 7.11 Å². The van der Waals surface area contributed by atoms with Crippen molar-refractivity contribution in [3.63, 3.8) is 0 Å². The second-order valence-corrected chi connectivity index (χ2v) is 6.06. The summed E-state index contributed by atoms with van der Waals surface area (Å²) in [6, 6.07) is 15.5. The highest BCUT2D eigenvalue weighted by molar-refractivity contribution is 14.0. The van der Waals surface area contributed by atoms with Crippen LogP contribution < -0.4 is 15.4 Å². The molecule has 2 aromatic carbocycles. The number of nitrogens with one attached hydrogen (secondary N) is 2. The minimum absolute atomic E-state index is 0. The van der Waals surface area contributed by atoms with E-state index in [1.165, 1.54) is 11.1 Å². The number of ether oxygens (including phenoxy) is 1. The first-order valence-electron chi connectivity index (χ1n) is 9.14. The lowest BCUT2D eigenvalue weighted by Gasteiger charge is -2.11. The van der Waals surface area contributed by atoms with Crippen LogP contribution in [-0.4, -0.2) is 37.8 Å². The van der Waals surface area contributed by atoms with Crippen LogP contribution in [0.15, 0.2) is 53.5 Å². The highest BCUT2D eigenvalue weighted by Gasteiger charge is 1.99. The van der Waals surface area contributed by atoms with Gasteiger partial charge in [-0.05, 0) is 61.6 Å². The van der Waals surface area contributed by atoms with Crippen LogP contribution in [0.1, 0.15) is 24.5 Å². The van der Waals surface area contributed by atoms with Crippen molar-refractivity contribution in [3.8, 4) is 11.5 Å². The van der Waals surface area contributed by atoms with E-state index < -0.39 is 0 Å². The Hall–Kier alpha value is -1.96. The summed E-state index contributed by atoms with van der Waals surface area (Å²) in [5, 5.41) is 16.0. The number of aliphatic imine (C=N–C) groups is 1. The Morgan fingerprint density at radius 1 is 0.963 bits per heavy atom. The van der Waals surface area contributed by atoms with Crippen molar-refractivity contribution in [3.05, 3.63) is 59.7 Å². The number of hydrogen-bond donors (Lipinski definition) is 3. The zero-order chi connectivity index (χ0) is 18.6. The lowest BCUT2D eigenvalue weighted by atomic mass is 10.1. The lowest BCUT2D eigenvalue weighted by molar-refractivity contribution is 0.414. The van der Waals surface area contributed by atoms with Gasteiger partial charge in [-0.1, -0.05) is 24.3 Å². The van der Waals surface area contributed by atoms with Crippen LogP contribution in [0.5, 0.6) is 11.5 Å². The molecule has 0 unspecified atom stereocenters. The van der Waals surface area contributed by atoms with E-state index in [-0.39, 0.29) is 24.0 Å². The Morgan fingerprint density at radius 3 is 2.22 bits per heavy atom. The molecule has 0 aliphatic heterocycles. The Morgan fingerprint density at radius 2 is 1.59 bits per heavy atom. The fourth-order valence-corrected chi connectivity index (χ4v) is 2.60. The van der Waals surface area contributed by atoms with Crippen LogP contribution in [0.2, 0.25) is 0 Å². The van der Waals surface area contributed by atoms with Crippen LogP contribution in [0, 0.1) is 0 Å². The van der Waals surface area contributed by atoms with Crippen molar-refractivity contribution in [1.29, 1.82) is 0 Å². The number of nitrogens with zero attached hydrogens (tertiary/aromatic N) is 1. The second-order valence-electron chi connectivity index (χ2n) is 6.06. The van der Waals surface area contributed by atoms with Gasteiger partial charge in [0.15, 0.2) is 5.96 Å². The Bertz CT molecular complexity index is 673. The van der Waals surface area contributed by atoms with E-state index in [9.17, 15) is 5.11 Å². The topological polar surface area (TPSA) is 65.9 Å². The Balaban J connectivity index is 0.00000364. The largest absolute Gasteiger partial charge is 0.508 e. The molecule has 0 atom stereocenters. The van der Waals surface area contributed by atoms with E-state index in [0.29, 0.717) is 5.75 Å². The summed E-state index contributed by atoms with van der Waals surface area (Å²) in [5.41, 5.74) is 2.48. The molecule has 0 aromatic heterocycles. The highest BCUT2D eigenvalue weighted by atomic mass is 127. The lowest BCUT2D eigenvalue weighted by Crippen LogP contribution is -2.38. The van der Waals surface area contributed by atoms with Gasteiger partial charge in [-0.25, -0.2) is 0 Å². The van der Waals surface area contributed by atoms with Crippen LogP contribution in [0.4, 0.5) is 0 Å². The third kappa shape index (κ3) is 8.99. The van der Waals surface area contributed by atoms with Crippen molar-refractivity contribution in [1.82, 2.24) is 10.6 Å². The molecule has 0 radical (unpaired) electrons. The molecular weight excluding hydrogens is 453 g/mol. The zero-order valence-corrected chi connectivity index (χ0v) is 18.4. The molecule has 0 spiro atoms. The first-order valence-corrected chi connectivity index (χ1v) is 9.14. The molecule has 0 saturated heterocycles. The standard InChI is InChI=1S/C21H29N3O2.HI/c1-3-22-21(23-15-4-5-17-6-10-19(25)11-7-17)24-16-14-18-8-12-20(26-2)13-9-18;/h6-13,25H,3-5,14-16H2,1-2H3,(H2,22,23,24);1H. The number of methoxy groups -OCH3 is 1. The van der Waals surface area contributed by atoms with E-state index in [1.807, 2.05) is 24.3 Å². The summed E-state index contributed by atoms with van der Waals surface area (Å²) < 4.78 is 5.18. The van der Waals surface area contributed by atoms with E-state index in [4.69, 9.17) is 4.74 Å². The molecule has 2 aromatic rings. The molecule has 0 aliphatic rings. The van der Waals surface area contributed by atoms with Gasteiger partial charge in [-0.3, -0.25) is 4.99 Å². The van der Waals surface area contributed by atoms with Crippen LogP contribution in [0.3, 0.4) is 0 Å². The molecule has 0 fully saturated rings. The van der Waals surface area contributed by atoms with Gasteiger partial charge in [0.1, 0.15) is 11.5 Å². The van der Waals surface area contributed by atoms with E-state index in [2.05, 4.69) is 34.7 Å². The number of benzene rings is 2. The first kappa shape index (κ1) is 23.1. The van der Waals surface area contributed by atoms with Crippen LogP contribution in [0.25, 0.3) is 0 Å². The predicted molar refractivity (Wildman–Crippen MR) is 123 cm³/mol. The molecule has 0 aliphatic carbocycles. The number of rotatable bonds is 9. The SMILES string of the molecule is CCNC(=NCCCc1ccc(O)cc1)NCCc1ccc(OC)cc1.I. The molecule has 27 heavy (non-hydrogen) atoms. The van der Waals surface area contributed by atoms with E-state index >= 15 is 0 Å². The van der Waals surface area contributed by atoms with Gasteiger partial charge in [-0.15, -0.1) is 24.0 Å². The van der Waals surface area contributed by atoms with Crippen molar-refractivity contribution in [2.24, 2.45) is 4.99 Å². The molecule has 6 heteroatoms. The van der Waals surface area contributed by atoms with Gasteiger partial charge >= 0.3 is 0 Å². The number of phenolic OH excluding ortho intramolecular Hbond substituents is 1. The number of guanidine groups is 1. The minimum Gasteiger partial charge on any atom is -0.508 e. The molecule has 5 nitrogen and oxygen atoms in total. The third-order valence-corrected chi connectivity index (χ3v) is 4.04. The van der Waals surface area contributed by atoms with E-state index in [1.54, 1.807) is 19.2 Å².